The Morgan fingerprint density at radius 3 is 3.07 bits per heavy atom. The van der Waals surface area contributed by atoms with Crippen molar-refractivity contribution in [2.24, 2.45) is 0 Å². The van der Waals surface area contributed by atoms with Crippen LogP contribution in [0.1, 0.15) is 0 Å². The molecular formula is C10H6ClN3S. The summed E-state index contributed by atoms with van der Waals surface area (Å²) in [6.07, 6.45) is 7.31. The zero-order valence-electron chi connectivity index (χ0n) is 7.59. The van der Waals surface area contributed by atoms with Crippen LogP contribution in [0.4, 0.5) is 0 Å². The predicted molar refractivity (Wildman–Crippen MR) is 61.3 cm³/mol. The molecule has 0 N–H and O–H groups in total. The molecule has 3 nitrogen and oxygen atoms in total. The van der Waals surface area contributed by atoms with Gasteiger partial charge in [0.05, 0.1) is 16.2 Å². The summed E-state index contributed by atoms with van der Waals surface area (Å²) < 4.78 is 2.72. The van der Waals surface area contributed by atoms with Gasteiger partial charge in [-0.05, 0) is 6.07 Å². The molecule has 3 rings (SSSR count). The summed E-state index contributed by atoms with van der Waals surface area (Å²) >= 11 is 7.39. The molecule has 0 aromatic carbocycles. The maximum absolute atomic E-state index is 5.88. The quantitative estimate of drug-likeness (QED) is 0.649. The Kier molecular flexibility index (Phi) is 1.97. The van der Waals surface area contributed by atoms with Crippen LogP contribution in [-0.4, -0.2) is 14.4 Å². The fourth-order valence-corrected chi connectivity index (χ4v) is 2.30. The van der Waals surface area contributed by atoms with Crippen molar-refractivity contribution >= 4 is 28.6 Å². The van der Waals surface area contributed by atoms with Crippen LogP contribution in [0, 0.1) is 0 Å². The lowest BCUT2D eigenvalue weighted by Crippen LogP contribution is -1.81. The second kappa shape index (κ2) is 3.32. The number of halogens is 1. The lowest BCUT2D eigenvalue weighted by molar-refractivity contribution is 1.13. The maximum Gasteiger partial charge on any atom is 0.155 e. The Labute approximate surface area is 95.0 Å². The summed E-state index contributed by atoms with van der Waals surface area (Å²) in [5.74, 6) is 0. The maximum atomic E-state index is 5.88. The largest absolute Gasteiger partial charge is 0.304 e. The second-order valence-electron chi connectivity index (χ2n) is 3.11. The van der Waals surface area contributed by atoms with Crippen LogP contribution >= 0.6 is 22.9 Å². The molecule has 74 valence electrons. The van der Waals surface area contributed by atoms with Gasteiger partial charge in [-0.3, -0.25) is 4.98 Å². The zero-order valence-corrected chi connectivity index (χ0v) is 9.16. The fourth-order valence-electron chi connectivity index (χ4n) is 1.43. The van der Waals surface area contributed by atoms with E-state index in [4.69, 9.17) is 11.6 Å². The molecule has 3 heterocycles. The highest BCUT2D eigenvalue weighted by molar-refractivity contribution is 7.14. The number of hydrogen-bond donors (Lipinski definition) is 0. The molecule has 0 unspecified atom stereocenters. The number of thiophene rings is 1. The first-order valence-corrected chi connectivity index (χ1v) is 5.62. The van der Waals surface area contributed by atoms with E-state index >= 15 is 0 Å². The van der Waals surface area contributed by atoms with Crippen LogP contribution < -0.4 is 0 Å². The van der Waals surface area contributed by atoms with E-state index < -0.39 is 0 Å². The van der Waals surface area contributed by atoms with Gasteiger partial charge in [-0.25, -0.2) is 4.98 Å². The molecule has 0 saturated heterocycles. The third-order valence-electron chi connectivity index (χ3n) is 2.13. The summed E-state index contributed by atoms with van der Waals surface area (Å²) in [5, 5.41) is 2.00. The first-order chi connectivity index (χ1) is 7.33. The van der Waals surface area contributed by atoms with Crippen molar-refractivity contribution in [1.82, 2.24) is 14.4 Å². The molecule has 0 bridgehead atoms. The fraction of sp³-hybridized carbons (Fsp3) is 0. The van der Waals surface area contributed by atoms with Crippen LogP contribution in [-0.2, 0) is 0 Å². The lowest BCUT2D eigenvalue weighted by Gasteiger charge is -1.86. The van der Waals surface area contributed by atoms with E-state index in [1.807, 2.05) is 28.2 Å². The van der Waals surface area contributed by atoms with Crippen LogP contribution in [0.15, 0.2) is 36.2 Å². The van der Waals surface area contributed by atoms with Crippen molar-refractivity contribution in [1.29, 1.82) is 0 Å². The van der Waals surface area contributed by atoms with Gasteiger partial charge < -0.3 is 4.40 Å². The molecule has 0 fully saturated rings. The minimum Gasteiger partial charge on any atom is -0.304 e. The first-order valence-electron chi connectivity index (χ1n) is 4.36. The molecule has 0 aliphatic rings. The average Bonchev–Trinajstić information content (AvgIpc) is 2.82. The highest BCUT2D eigenvalue weighted by atomic mass is 35.5. The van der Waals surface area contributed by atoms with Gasteiger partial charge >= 0.3 is 0 Å². The standard InChI is InChI=1S/C10H6ClN3S/c11-9-3-7(6-15-9)8-5-14-2-1-12-4-10(14)13-8/h1-6H. The summed E-state index contributed by atoms with van der Waals surface area (Å²) in [5.41, 5.74) is 2.81. The average molecular weight is 236 g/mol. The van der Waals surface area contributed by atoms with Crippen molar-refractivity contribution in [3.05, 3.63) is 40.6 Å². The smallest absolute Gasteiger partial charge is 0.155 e. The number of rotatable bonds is 1. The molecule has 0 spiro atoms. The zero-order chi connectivity index (χ0) is 10.3. The van der Waals surface area contributed by atoms with Crippen LogP contribution in [0.2, 0.25) is 4.34 Å². The minimum absolute atomic E-state index is 0.778. The molecule has 3 aromatic heterocycles. The summed E-state index contributed by atoms with van der Waals surface area (Å²) in [6, 6.07) is 1.92. The van der Waals surface area contributed by atoms with Gasteiger partial charge in [-0.2, -0.15) is 0 Å². The van der Waals surface area contributed by atoms with E-state index in [1.165, 1.54) is 11.3 Å². The summed E-state index contributed by atoms with van der Waals surface area (Å²) in [4.78, 5) is 8.46. The van der Waals surface area contributed by atoms with Crippen molar-refractivity contribution in [3.63, 3.8) is 0 Å². The number of hydrogen-bond acceptors (Lipinski definition) is 3. The Morgan fingerprint density at radius 1 is 1.40 bits per heavy atom. The third-order valence-corrected chi connectivity index (χ3v) is 3.22. The Hall–Kier alpha value is -1.39. The second-order valence-corrected chi connectivity index (χ2v) is 4.65. The molecule has 0 atom stereocenters. The van der Waals surface area contributed by atoms with Crippen LogP contribution in [0.3, 0.4) is 0 Å². The van der Waals surface area contributed by atoms with Gasteiger partial charge in [-0.1, -0.05) is 11.6 Å². The molecule has 0 radical (unpaired) electrons. The van der Waals surface area contributed by atoms with E-state index in [0.717, 1.165) is 21.2 Å². The van der Waals surface area contributed by atoms with Gasteiger partial charge in [0.1, 0.15) is 0 Å². The lowest BCUT2D eigenvalue weighted by atomic mass is 10.3. The van der Waals surface area contributed by atoms with Crippen molar-refractivity contribution < 1.29 is 0 Å². The van der Waals surface area contributed by atoms with E-state index in [9.17, 15) is 0 Å². The molecule has 0 amide bonds. The highest BCUT2D eigenvalue weighted by Gasteiger charge is 2.05. The summed E-state index contributed by atoms with van der Waals surface area (Å²) in [6.45, 7) is 0. The van der Waals surface area contributed by atoms with Gasteiger partial charge in [0.25, 0.3) is 0 Å². The third kappa shape index (κ3) is 1.52. The Bertz CT molecular complexity index is 581. The number of nitrogens with zero attached hydrogens (tertiary/aromatic N) is 3. The molecule has 0 aliphatic carbocycles. The summed E-state index contributed by atoms with van der Waals surface area (Å²) in [7, 11) is 0. The SMILES string of the molecule is Clc1cc(-c2cn3ccncc3n2)cs1. The van der Waals surface area contributed by atoms with Crippen molar-refractivity contribution in [2.45, 2.75) is 0 Å². The van der Waals surface area contributed by atoms with E-state index in [2.05, 4.69) is 9.97 Å². The highest BCUT2D eigenvalue weighted by Crippen LogP contribution is 2.27. The molecular weight excluding hydrogens is 230 g/mol. The van der Waals surface area contributed by atoms with Crippen molar-refractivity contribution in [2.75, 3.05) is 0 Å². The Balaban J connectivity index is 2.19. The monoisotopic (exact) mass is 235 g/mol. The Morgan fingerprint density at radius 2 is 2.33 bits per heavy atom. The number of aromatic nitrogens is 3. The van der Waals surface area contributed by atoms with Gasteiger partial charge in [0.15, 0.2) is 5.65 Å². The van der Waals surface area contributed by atoms with E-state index in [-0.39, 0.29) is 0 Å². The molecule has 0 saturated carbocycles. The van der Waals surface area contributed by atoms with Crippen LogP contribution in [0.5, 0.6) is 0 Å². The molecule has 0 aliphatic heterocycles. The molecule has 15 heavy (non-hydrogen) atoms. The van der Waals surface area contributed by atoms with Gasteiger partial charge in [-0.15, -0.1) is 11.3 Å². The van der Waals surface area contributed by atoms with E-state index in [1.54, 1.807) is 12.4 Å². The topological polar surface area (TPSA) is 30.2 Å². The predicted octanol–water partition coefficient (Wildman–Crippen LogP) is 3.11. The molecule has 3 aromatic rings. The van der Waals surface area contributed by atoms with Gasteiger partial charge in [0, 0.05) is 29.5 Å². The van der Waals surface area contributed by atoms with Crippen LogP contribution in [0.25, 0.3) is 16.9 Å². The normalized spacial score (nSPS) is 11.0. The molecule has 5 heteroatoms. The van der Waals surface area contributed by atoms with Gasteiger partial charge in [0.2, 0.25) is 0 Å². The number of fused-ring (bicyclic) bond motifs is 1. The van der Waals surface area contributed by atoms with E-state index in [0.29, 0.717) is 0 Å². The first kappa shape index (κ1) is 8.88. The minimum atomic E-state index is 0.778. The number of imidazole rings is 1. The van der Waals surface area contributed by atoms with Crippen molar-refractivity contribution in [3.8, 4) is 11.3 Å².